The normalized spacial score (nSPS) is 16.6. The lowest BCUT2D eigenvalue weighted by molar-refractivity contribution is 0.739. The molecule has 0 bridgehead atoms. The molecule has 2 aliphatic rings. The topological polar surface area (TPSA) is 69.4 Å². The third-order valence-electron chi connectivity index (χ3n) is 5.87. The highest BCUT2D eigenvalue weighted by Gasteiger charge is 2.16. The van der Waals surface area contributed by atoms with Crippen LogP contribution in [0.25, 0.3) is 44.5 Å². The van der Waals surface area contributed by atoms with Crippen LogP contribution in [0, 0.1) is 0 Å². The van der Waals surface area contributed by atoms with E-state index in [1.54, 1.807) is 0 Å². The van der Waals surface area contributed by atoms with E-state index < -0.39 is 0 Å². The number of allylic oxidation sites excluding steroid dienone is 4. The van der Waals surface area contributed by atoms with E-state index in [1.165, 1.54) is 22.3 Å². The monoisotopic (exact) mass is 379 g/mol. The minimum absolute atomic E-state index is 0.895. The van der Waals surface area contributed by atoms with Crippen LogP contribution in [0.2, 0.25) is 0 Å². The second-order valence-electron chi connectivity index (χ2n) is 7.62. The smallest absolute Gasteiger partial charge is 0.138 e. The van der Waals surface area contributed by atoms with Crippen LogP contribution in [0.5, 0.6) is 0 Å². The number of pyridine rings is 1. The Morgan fingerprint density at radius 1 is 1.00 bits per heavy atom. The van der Waals surface area contributed by atoms with Gasteiger partial charge in [-0.3, -0.25) is 5.10 Å². The van der Waals surface area contributed by atoms with Crippen molar-refractivity contribution in [3.8, 4) is 11.4 Å². The quantitative estimate of drug-likeness (QED) is 0.478. The van der Waals surface area contributed by atoms with E-state index in [4.69, 9.17) is 0 Å². The molecule has 0 saturated carbocycles. The molecule has 1 aromatic carbocycles. The van der Waals surface area contributed by atoms with Gasteiger partial charge in [0, 0.05) is 23.5 Å². The summed E-state index contributed by atoms with van der Waals surface area (Å²) in [6.45, 7) is 1.97. The largest absolute Gasteiger partial charge is 0.338 e. The van der Waals surface area contributed by atoms with Gasteiger partial charge in [-0.25, -0.2) is 4.98 Å². The third kappa shape index (κ3) is 2.74. The molecule has 0 spiro atoms. The highest BCUT2D eigenvalue weighted by molar-refractivity contribution is 6.00. The van der Waals surface area contributed by atoms with Gasteiger partial charge in [0.1, 0.15) is 11.3 Å². The maximum atomic E-state index is 4.63. The van der Waals surface area contributed by atoms with Gasteiger partial charge >= 0.3 is 0 Å². The molecular weight excluding hydrogens is 358 g/mol. The number of benzene rings is 1. The lowest BCUT2D eigenvalue weighted by Gasteiger charge is -2.14. The van der Waals surface area contributed by atoms with Gasteiger partial charge in [-0.05, 0) is 65.9 Å². The van der Waals surface area contributed by atoms with E-state index in [1.807, 2.05) is 6.20 Å². The first kappa shape index (κ1) is 16.5. The van der Waals surface area contributed by atoms with E-state index in [0.717, 1.165) is 59.3 Å². The van der Waals surface area contributed by atoms with Gasteiger partial charge < -0.3 is 10.3 Å². The van der Waals surface area contributed by atoms with Crippen molar-refractivity contribution in [1.82, 2.24) is 25.5 Å². The number of rotatable bonds is 3. The summed E-state index contributed by atoms with van der Waals surface area (Å²) < 4.78 is 0. The van der Waals surface area contributed by atoms with Crippen molar-refractivity contribution in [2.75, 3.05) is 13.1 Å². The van der Waals surface area contributed by atoms with Crippen molar-refractivity contribution in [2.45, 2.75) is 12.8 Å². The summed E-state index contributed by atoms with van der Waals surface area (Å²) in [5, 5.41) is 13.5. The first-order valence-corrected chi connectivity index (χ1v) is 10.1. The van der Waals surface area contributed by atoms with Crippen molar-refractivity contribution in [1.29, 1.82) is 0 Å². The first-order chi connectivity index (χ1) is 14.4. The number of H-pyrrole nitrogens is 2. The van der Waals surface area contributed by atoms with Crippen LogP contribution in [0.4, 0.5) is 0 Å². The Morgan fingerprint density at radius 3 is 2.86 bits per heavy atom. The van der Waals surface area contributed by atoms with Gasteiger partial charge in [-0.2, -0.15) is 5.10 Å². The summed E-state index contributed by atoms with van der Waals surface area (Å²) in [6, 6.07) is 10.8. The summed E-state index contributed by atoms with van der Waals surface area (Å²) in [7, 11) is 0. The Balaban J connectivity index is 1.49. The minimum Gasteiger partial charge on any atom is -0.338 e. The van der Waals surface area contributed by atoms with Crippen LogP contribution in [-0.2, 0) is 0 Å². The van der Waals surface area contributed by atoms with Crippen LogP contribution in [-0.4, -0.2) is 33.3 Å². The number of aromatic amines is 2. The average Bonchev–Trinajstić information content (AvgIpc) is 3.52. The number of hydrogen-bond donors (Lipinski definition) is 3. The standard InChI is InChI=1S/C24H21N5/c1-2-4-16(3-1)18-9-12-26-24-19(18)14-22(27-24)23-20-13-17(5-6-21(20)28-29-23)15-7-10-25-11-8-15/h1,3-7,9,12-14,25H,2,8,10-11H2,(H,26,27)(H,28,29). The number of aromatic nitrogens is 4. The molecule has 1 aliphatic heterocycles. The fraction of sp³-hybridized carbons (Fsp3) is 0.167. The molecule has 3 aromatic heterocycles. The van der Waals surface area contributed by atoms with E-state index in [0.29, 0.717) is 0 Å². The maximum absolute atomic E-state index is 4.63. The summed E-state index contributed by atoms with van der Waals surface area (Å²) in [5.41, 5.74) is 9.03. The summed E-state index contributed by atoms with van der Waals surface area (Å²) >= 11 is 0. The fourth-order valence-corrected chi connectivity index (χ4v) is 4.37. The second kappa shape index (κ2) is 6.57. The van der Waals surface area contributed by atoms with Crippen molar-refractivity contribution >= 4 is 33.1 Å². The van der Waals surface area contributed by atoms with Crippen molar-refractivity contribution in [3.63, 3.8) is 0 Å². The molecule has 0 unspecified atom stereocenters. The molecule has 0 radical (unpaired) electrons. The number of nitrogens with zero attached hydrogens (tertiary/aromatic N) is 2. The lowest BCUT2D eigenvalue weighted by Crippen LogP contribution is -2.19. The summed E-state index contributed by atoms with van der Waals surface area (Å²) in [4.78, 5) is 8.04. The zero-order chi connectivity index (χ0) is 19.2. The van der Waals surface area contributed by atoms with Crippen molar-refractivity contribution < 1.29 is 0 Å². The summed E-state index contributed by atoms with van der Waals surface area (Å²) in [5.74, 6) is 0. The van der Waals surface area contributed by atoms with Crippen molar-refractivity contribution in [2.24, 2.45) is 0 Å². The van der Waals surface area contributed by atoms with E-state index >= 15 is 0 Å². The average molecular weight is 379 g/mol. The third-order valence-corrected chi connectivity index (χ3v) is 5.87. The van der Waals surface area contributed by atoms with E-state index in [9.17, 15) is 0 Å². The molecule has 3 N–H and O–H groups in total. The van der Waals surface area contributed by atoms with Gasteiger partial charge in [0.05, 0.1) is 11.2 Å². The maximum Gasteiger partial charge on any atom is 0.138 e. The first-order valence-electron chi connectivity index (χ1n) is 10.1. The Hall–Kier alpha value is -3.44. The number of hydrogen-bond acceptors (Lipinski definition) is 3. The lowest BCUT2D eigenvalue weighted by atomic mass is 9.98. The Morgan fingerprint density at radius 2 is 2.00 bits per heavy atom. The molecule has 1 aliphatic carbocycles. The molecule has 0 amide bonds. The minimum atomic E-state index is 0.895. The second-order valence-corrected chi connectivity index (χ2v) is 7.62. The van der Waals surface area contributed by atoms with Gasteiger partial charge in [0.25, 0.3) is 0 Å². The van der Waals surface area contributed by atoms with E-state index in [2.05, 4.69) is 80.1 Å². The van der Waals surface area contributed by atoms with Gasteiger partial charge in [-0.1, -0.05) is 30.4 Å². The van der Waals surface area contributed by atoms with Gasteiger partial charge in [0.15, 0.2) is 0 Å². The predicted octanol–water partition coefficient (Wildman–Crippen LogP) is 4.83. The highest BCUT2D eigenvalue weighted by Crippen LogP contribution is 2.34. The Kier molecular flexibility index (Phi) is 3.74. The molecule has 0 fully saturated rings. The van der Waals surface area contributed by atoms with Gasteiger partial charge in [-0.15, -0.1) is 0 Å². The molecule has 0 saturated heterocycles. The highest BCUT2D eigenvalue weighted by atomic mass is 15.1. The molecule has 4 aromatic rings. The van der Waals surface area contributed by atoms with Crippen LogP contribution < -0.4 is 5.32 Å². The predicted molar refractivity (Wildman–Crippen MR) is 118 cm³/mol. The van der Waals surface area contributed by atoms with Gasteiger partial charge in [0.2, 0.25) is 0 Å². The number of nitrogens with one attached hydrogen (secondary N) is 3. The molecular formula is C24H21N5. The molecule has 5 heteroatoms. The number of fused-ring (bicyclic) bond motifs is 2. The Labute approximate surface area is 168 Å². The SMILES string of the molecule is C1=CC(c2ccnc3[nH]c(-c4n[nH]c5ccc(C6=CCNCC6)cc45)cc23)=CC1. The van der Waals surface area contributed by atoms with Crippen molar-refractivity contribution in [3.05, 3.63) is 72.0 Å². The Bertz CT molecular complexity index is 1330. The zero-order valence-corrected chi connectivity index (χ0v) is 16.0. The molecule has 29 heavy (non-hydrogen) atoms. The van der Waals surface area contributed by atoms with E-state index in [-0.39, 0.29) is 0 Å². The fourth-order valence-electron chi connectivity index (χ4n) is 4.37. The molecule has 4 heterocycles. The molecule has 0 atom stereocenters. The summed E-state index contributed by atoms with van der Waals surface area (Å²) in [6.07, 6.45) is 12.8. The molecule has 142 valence electrons. The molecule has 5 nitrogen and oxygen atoms in total. The van der Waals surface area contributed by atoms with Crippen LogP contribution >= 0.6 is 0 Å². The van der Waals surface area contributed by atoms with Crippen LogP contribution in [0.1, 0.15) is 24.0 Å². The zero-order valence-electron chi connectivity index (χ0n) is 16.0. The molecule has 6 rings (SSSR count). The van der Waals surface area contributed by atoms with Crippen LogP contribution in [0.15, 0.2) is 60.8 Å². The van der Waals surface area contributed by atoms with Crippen LogP contribution in [0.3, 0.4) is 0 Å².